The summed E-state index contributed by atoms with van der Waals surface area (Å²) < 4.78 is 0. The minimum absolute atomic E-state index is 0.0382. The third-order valence-corrected chi connectivity index (χ3v) is 3.66. The molecule has 3 N–H and O–H groups in total. The second kappa shape index (κ2) is 5.44. The van der Waals surface area contributed by atoms with E-state index in [0.29, 0.717) is 24.3 Å². The highest BCUT2D eigenvalue weighted by atomic mass is 16.6. The van der Waals surface area contributed by atoms with Crippen LogP contribution in [-0.4, -0.2) is 35.5 Å². The first-order valence-corrected chi connectivity index (χ1v) is 6.49. The first kappa shape index (κ1) is 13.6. The summed E-state index contributed by atoms with van der Waals surface area (Å²) >= 11 is 0. The van der Waals surface area contributed by atoms with E-state index in [4.69, 9.17) is 5.73 Å². The normalized spacial score (nSPS) is 16.4. The van der Waals surface area contributed by atoms with Crippen LogP contribution in [0.3, 0.4) is 0 Å². The van der Waals surface area contributed by atoms with Gasteiger partial charge < -0.3 is 11.1 Å². The van der Waals surface area contributed by atoms with Crippen LogP contribution in [0.2, 0.25) is 0 Å². The summed E-state index contributed by atoms with van der Waals surface area (Å²) in [7, 11) is 2.10. The van der Waals surface area contributed by atoms with E-state index in [-0.39, 0.29) is 11.4 Å². The van der Waals surface area contributed by atoms with Crippen molar-refractivity contribution in [3.05, 3.63) is 28.3 Å². The van der Waals surface area contributed by atoms with Gasteiger partial charge in [-0.3, -0.25) is 15.0 Å². The number of benzene rings is 1. The minimum atomic E-state index is -0.438. The number of para-hydroxylation sites is 1. The zero-order valence-electron chi connectivity index (χ0n) is 11.3. The van der Waals surface area contributed by atoms with Crippen LogP contribution in [0.1, 0.15) is 19.8 Å². The molecular formula is C13H20N4O2. The molecule has 0 aromatic heterocycles. The van der Waals surface area contributed by atoms with Crippen molar-refractivity contribution < 1.29 is 4.92 Å². The van der Waals surface area contributed by atoms with Crippen molar-refractivity contribution in [2.24, 2.45) is 0 Å². The van der Waals surface area contributed by atoms with Crippen LogP contribution < -0.4 is 11.1 Å². The predicted molar refractivity (Wildman–Crippen MR) is 76.2 cm³/mol. The number of nitrogens with zero attached hydrogens (tertiary/aromatic N) is 2. The van der Waals surface area contributed by atoms with Gasteiger partial charge in [-0.2, -0.15) is 0 Å². The Hall–Kier alpha value is -1.82. The fraction of sp³-hybridized carbons (Fsp3) is 0.538. The molecule has 0 bridgehead atoms. The zero-order valence-corrected chi connectivity index (χ0v) is 11.3. The van der Waals surface area contributed by atoms with Crippen LogP contribution >= 0.6 is 0 Å². The van der Waals surface area contributed by atoms with Crippen molar-refractivity contribution >= 4 is 17.1 Å². The Morgan fingerprint density at radius 1 is 1.58 bits per heavy atom. The fourth-order valence-corrected chi connectivity index (χ4v) is 2.15. The molecule has 6 heteroatoms. The predicted octanol–water partition coefficient (Wildman–Crippen LogP) is 2.07. The van der Waals surface area contributed by atoms with Crippen LogP contribution in [0.4, 0.5) is 17.1 Å². The van der Waals surface area contributed by atoms with Crippen LogP contribution in [0.5, 0.6) is 0 Å². The summed E-state index contributed by atoms with van der Waals surface area (Å²) in [5.74, 6) is 0. The molecule has 0 heterocycles. The molecule has 0 spiro atoms. The molecule has 0 aliphatic heterocycles. The van der Waals surface area contributed by atoms with E-state index in [2.05, 4.69) is 24.2 Å². The Kier molecular flexibility index (Phi) is 3.90. The second-order valence-electron chi connectivity index (χ2n) is 5.13. The monoisotopic (exact) mass is 264 g/mol. The van der Waals surface area contributed by atoms with Crippen molar-refractivity contribution in [1.29, 1.82) is 0 Å². The number of likely N-dealkylation sites (N-methyl/N-ethyl adjacent to an activating group) is 1. The number of hydrogen-bond acceptors (Lipinski definition) is 5. The maximum absolute atomic E-state index is 11.0. The van der Waals surface area contributed by atoms with Crippen molar-refractivity contribution in [3.63, 3.8) is 0 Å². The molecular weight excluding hydrogens is 244 g/mol. The summed E-state index contributed by atoms with van der Waals surface area (Å²) in [4.78, 5) is 12.9. The van der Waals surface area contributed by atoms with Crippen LogP contribution in [-0.2, 0) is 0 Å². The third kappa shape index (κ3) is 3.14. The van der Waals surface area contributed by atoms with Gasteiger partial charge in [-0.15, -0.1) is 0 Å². The highest BCUT2D eigenvalue weighted by Crippen LogP contribution is 2.31. The fourth-order valence-electron chi connectivity index (χ4n) is 2.15. The van der Waals surface area contributed by atoms with E-state index >= 15 is 0 Å². The summed E-state index contributed by atoms with van der Waals surface area (Å²) in [6, 6.07) is 5.96. The Morgan fingerprint density at radius 3 is 2.84 bits per heavy atom. The number of nitro groups is 1. The lowest BCUT2D eigenvalue weighted by molar-refractivity contribution is -0.383. The third-order valence-electron chi connectivity index (χ3n) is 3.66. The average Bonchev–Trinajstić information content (AvgIpc) is 3.18. The lowest BCUT2D eigenvalue weighted by atomic mass is 10.2. The molecule has 104 valence electrons. The molecule has 1 aliphatic carbocycles. The SMILES string of the molecule is CC(CNc1cccc(N)c1[N+](=O)[O-])N(C)C1CC1. The van der Waals surface area contributed by atoms with Gasteiger partial charge in [0.1, 0.15) is 11.4 Å². The lowest BCUT2D eigenvalue weighted by Crippen LogP contribution is -2.36. The van der Waals surface area contributed by atoms with Crippen molar-refractivity contribution in [3.8, 4) is 0 Å². The maximum Gasteiger partial charge on any atom is 0.314 e. The molecule has 1 saturated carbocycles. The standard InChI is InChI=1S/C13H20N4O2/c1-9(16(2)10-6-7-10)8-15-12-5-3-4-11(14)13(12)17(18)19/h3-5,9-10,15H,6-8,14H2,1-2H3. The number of nitrogen functional groups attached to an aromatic ring is 1. The molecule has 1 aliphatic rings. The number of nitro benzene ring substituents is 1. The first-order valence-electron chi connectivity index (χ1n) is 6.49. The van der Waals surface area contributed by atoms with Gasteiger partial charge in [-0.25, -0.2) is 0 Å². The summed E-state index contributed by atoms with van der Waals surface area (Å²) in [5, 5.41) is 14.1. The van der Waals surface area contributed by atoms with Crippen LogP contribution in [0.25, 0.3) is 0 Å². The molecule has 1 aromatic carbocycles. The molecule has 1 fully saturated rings. The average molecular weight is 264 g/mol. The lowest BCUT2D eigenvalue weighted by Gasteiger charge is -2.25. The first-order chi connectivity index (χ1) is 9.00. The molecule has 0 saturated heterocycles. The Morgan fingerprint density at radius 2 is 2.26 bits per heavy atom. The summed E-state index contributed by atoms with van der Waals surface area (Å²) in [5.41, 5.74) is 6.30. The van der Waals surface area contributed by atoms with Gasteiger partial charge in [0.25, 0.3) is 0 Å². The Bertz CT molecular complexity index is 474. The van der Waals surface area contributed by atoms with E-state index in [1.807, 2.05) is 0 Å². The number of nitrogens with one attached hydrogen (secondary N) is 1. The van der Waals surface area contributed by atoms with Crippen LogP contribution in [0, 0.1) is 10.1 Å². The van der Waals surface area contributed by atoms with E-state index in [1.165, 1.54) is 12.8 Å². The van der Waals surface area contributed by atoms with Gasteiger partial charge in [0.15, 0.2) is 0 Å². The van der Waals surface area contributed by atoms with Crippen LogP contribution in [0.15, 0.2) is 18.2 Å². The molecule has 2 rings (SSSR count). The highest BCUT2D eigenvalue weighted by molar-refractivity contribution is 5.74. The highest BCUT2D eigenvalue weighted by Gasteiger charge is 2.29. The minimum Gasteiger partial charge on any atom is -0.393 e. The molecule has 1 unspecified atom stereocenters. The van der Waals surface area contributed by atoms with E-state index in [0.717, 1.165) is 0 Å². The largest absolute Gasteiger partial charge is 0.393 e. The quantitative estimate of drug-likeness (QED) is 0.467. The van der Waals surface area contributed by atoms with Gasteiger partial charge in [0.2, 0.25) is 0 Å². The van der Waals surface area contributed by atoms with Gasteiger partial charge in [-0.05, 0) is 38.9 Å². The van der Waals surface area contributed by atoms with E-state index < -0.39 is 4.92 Å². The van der Waals surface area contributed by atoms with Crippen molar-refractivity contribution in [1.82, 2.24) is 4.90 Å². The van der Waals surface area contributed by atoms with Gasteiger partial charge in [0.05, 0.1) is 4.92 Å². The maximum atomic E-state index is 11.0. The smallest absolute Gasteiger partial charge is 0.314 e. The molecule has 0 amide bonds. The summed E-state index contributed by atoms with van der Waals surface area (Å²) in [6.07, 6.45) is 2.50. The number of anilines is 2. The molecule has 1 aromatic rings. The van der Waals surface area contributed by atoms with E-state index in [1.54, 1.807) is 18.2 Å². The van der Waals surface area contributed by atoms with Gasteiger partial charge >= 0.3 is 5.69 Å². The molecule has 19 heavy (non-hydrogen) atoms. The Labute approximate surface area is 112 Å². The topological polar surface area (TPSA) is 84.4 Å². The van der Waals surface area contributed by atoms with E-state index in [9.17, 15) is 10.1 Å². The van der Waals surface area contributed by atoms with Gasteiger partial charge in [0, 0.05) is 18.6 Å². The van der Waals surface area contributed by atoms with Crippen molar-refractivity contribution in [2.75, 3.05) is 24.6 Å². The second-order valence-corrected chi connectivity index (χ2v) is 5.13. The van der Waals surface area contributed by atoms with Gasteiger partial charge in [-0.1, -0.05) is 6.07 Å². The zero-order chi connectivity index (χ0) is 14.0. The number of rotatable bonds is 6. The van der Waals surface area contributed by atoms with Crippen molar-refractivity contribution in [2.45, 2.75) is 31.8 Å². The number of hydrogen-bond donors (Lipinski definition) is 2. The summed E-state index contributed by atoms with van der Waals surface area (Å²) in [6.45, 7) is 2.78. The molecule has 0 radical (unpaired) electrons. The molecule has 1 atom stereocenters. The molecule has 6 nitrogen and oxygen atoms in total. The Balaban J connectivity index is 2.02. The number of nitrogens with two attached hydrogens (primary N) is 1.